The molecule has 0 N–H and O–H groups in total. The molecule has 30 heteroatoms. The third-order valence-corrected chi connectivity index (χ3v) is 15.9. The van der Waals surface area contributed by atoms with Gasteiger partial charge in [0.1, 0.15) is 18.3 Å². The standard InChI is InChI=1S/C69H71F15O15/c1-90-60(65(70,71)72,47-29-13-8-14-30-47)55(85)95-45-25-7-6-23-39-52(97-57(87)62(92-3,67(76,77)78)49-33-17-10-18-34-49)41-27-43-54(99-59(89)64(94-5,69(82,83)84)51-37-21-12-22-38-51)44-28-42-53(98-58(88)63(93-4,68(79,80)81)50-35-19-11-20-36-50)40-24-26-46-96-56(86)61(91-2,66(73,74)75)48-31-15-9-16-32-48/h8-22,24,28-38,40,44,52-54H,6-7,23,25-27,39,41-43,45-46H2,1-5H3/b40-24+,44-28+/t52-,53+,54-,60-,61-,62-,63-,64-/m1/s1. The summed E-state index contributed by atoms with van der Waals surface area (Å²) in [5.41, 5.74) is -22.2. The van der Waals surface area contributed by atoms with Crippen LogP contribution in [0.3, 0.4) is 0 Å². The van der Waals surface area contributed by atoms with Gasteiger partial charge >= 0.3 is 60.7 Å². The van der Waals surface area contributed by atoms with E-state index in [0.717, 1.165) is 109 Å². The van der Waals surface area contributed by atoms with Gasteiger partial charge in [0.15, 0.2) is 0 Å². The highest BCUT2D eigenvalue weighted by Gasteiger charge is 2.68. The van der Waals surface area contributed by atoms with E-state index in [1.165, 1.54) is 66.7 Å². The number of alkyl halides is 15. The van der Waals surface area contributed by atoms with Crippen LogP contribution in [0.1, 0.15) is 92.0 Å². The number of methoxy groups -OCH3 is 5. The van der Waals surface area contributed by atoms with E-state index in [0.29, 0.717) is 35.5 Å². The van der Waals surface area contributed by atoms with Crippen molar-refractivity contribution >= 4 is 29.8 Å². The Hall–Kier alpha value is -8.32. The minimum Gasteiger partial charge on any atom is -0.463 e. The molecule has 8 atom stereocenters. The molecule has 5 aromatic rings. The van der Waals surface area contributed by atoms with Crippen LogP contribution in [0.2, 0.25) is 0 Å². The number of halogens is 15. The highest BCUT2D eigenvalue weighted by atomic mass is 19.4. The van der Waals surface area contributed by atoms with Crippen molar-refractivity contribution in [2.45, 2.75) is 141 Å². The van der Waals surface area contributed by atoms with Gasteiger partial charge in [0.05, 0.1) is 13.2 Å². The number of hydrogen-bond donors (Lipinski definition) is 0. The molecule has 0 aromatic heterocycles. The first-order valence-electron chi connectivity index (χ1n) is 30.3. The van der Waals surface area contributed by atoms with E-state index >= 15 is 39.5 Å². The fourth-order valence-electron chi connectivity index (χ4n) is 10.8. The lowest BCUT2D eigenvalue weighted by molar-refractivity contribution is -0.279. The van der Waals surface area contributed by atoms with Gasteiger partial charge in [-0.1, -0.05) is 177 Å². The average molecular weight is 1430 g/mol. The summed E-state index contributed by atoms with van der Waals surface area (Å²) in [4.78, 5) is 68.7. The molecule has 0 saturated heterocycles. The van der Waals surface area contributed by atoms with Crippen molar-refractivity contribution in [3.63, 3.8) is 0 Å². The highest BCUT2D eigenvalue weighted by molar-refractivity contribution is 5.85. The van der Waals surface area contributed by atoms with Gasteiger partial charge in [-0.05, 0) is 57.1 Å². The second kappa shape index (κ2) is 35.1. The maximum atomic E-state index is 15.3. The minimum absolute atomic E-state index is 0.0245. The van der Waals surface area contributed by atoms with Gasteiger partial charge in [0.2, 0.25) is 0 Å². The van der Waals surface area contributed by atoms with Gasteiger partial charge in [0.25, 0.3) is 28.0 Å². The molecule has 0 spiro atoms. The largest absolute Gasteiger partial charge is 0.463 e. The predicted octanol–water partition coefficient (Wildman–Crippen LogP) is 15.3. The van der Waals surface area contributed by atoms with E-state index in [4.69, 9.17) is 47.4 Å². The number of hydrogen-bond acceptors (Lipinski definition) is 15. The molecule has 0 saturated carbocycles. The van der Waals surface area contributed by atoms with Crippen LogP contribution in [0.25, 0.3) is 0 Å². The molecule has 542 valence electrons. The van der Waals surface area contributed by atoms with Crippen LogP contribution >= 0.6 is 0 Å². The second-order valence-corrected chi connectivity index (χ2v) is 21.9. The van der Waals surface area contributed by atoms with Crippen molar-refractivity contribution in [2.24, 2.45) is 0 Å². The van der Waals surface area contributed by atoms with Crippen molar-refractivity contribution in [1.82, 2.24) is 0 Å². The van der Waals surface area contributed by atoms with Crippen LogP contribution < -0.4 is 0 Å². The maximum Gasteiger partial charge on any atom is 0.432 e. The highest BCUT2D eigenvalue weighted by Crippen LogP contribution is 2.48. The van der Waals surface area contributed by atoms with Crippen molar-refractivity contribution < 1.29 is 137 Å². The minimum atomic E-state index is -5.59. The fraction of sp³-hybridized carbons (Fsp3) is 0.435. The first-order valence-corrected chi connectivity index (χ1v) is 30.3. The summed E-state index contributed by atoms with van der Waals surface area (Å²) < 4.78 is 275. The molecule has 5 rings (SSSR count). The first-order chi connectivity index (χ1) is 46.6. The van der Waals surface area contributed by atoms with Crippen LogP contribution in [0.15, 0.2) is 176 Å². The number of esters is 5. The zero-order valence-electron chi connectivity index (χ0n) is 53.8. The van der Waals surface area contributed by atoms with Crippen molar-refractivity contribution in [3.8, 4) is 0 Å². The Bertz CT molecular complexity index is 3410. The van der Waals surface area contributed by atoms with Gasteiger partial charge in [-0.3, -0.25) is 0 Å². The molecule has 15 nitrogen and oxygen atoms in total. The lowest BCUT2D eigenvalue weighted by Crippen LogP contribution is -2.52. The molecule has 0 aliphatic heterocycles. The van der Waals surface area contributed by atoms with Crippen molar-refractivity contribution in [1.29, 1.82) is 0 Å². The van der Waals surface area contributed by atoms with E-state index in [2.05, 4.69) is 0 Å². The molecule has 0 amide bonds. The Labute approximate surface area is 559 Å². The SMILES string of the molecule is CO[C@@](C(=O)OCC/C=C/[C@@H](C/C=C/[C@@H](CCC[C@@H](CCCCCCOC(=O)[C@](OC)(c1ccccc1)C(F)(F)F)OC(=O)[C@](OC)(c1ccccc1)C(F)(F)F)OC(=O)[C@](OC)(c1ccccc1)C(F)(F)F)OC(=O)[C@](OC)(c1ccccc1)C(F)(F)F)(c1ccccc1)C(F)(F)F. The molecule has 0 radical (unpaired) electrons. The average Bonchev–Trinajstić information content (AvgIpc) is 0.794. The van der Waals surface area contributed by atoms with Crippen LogP contribution in [-0.2, 0) is 99.3 Å². The number of carbonyl (C=O) groups is 5. The summed E-state index contributed by atoms with van der Waals surface area (Å²) in [6.45, 7) is -1.44. The molecule has 0 fully saturated rings. The lowest BCUT2D eigenvalue weighted by Gasteiger charge is -2.34. The molecule has 0 aliphatic carbocycles. The van der Waals surface area contributed by atoms with Gasteiger partial charge < -0.3 is 47.4 Å². The van der Waals surface area contributed by atoms with E-state index in [9.17, 15) is 50.3 Å². The Balaban J connectivity index is 1.50. The van der Waals surface area contributed by atoms with Gasteiger partial charge in [-0.15, -0.1) is 0 Å². The summed E-state index contributed by atoms with van der Waals surface area (Å²) in [6.07, 6.45) is -32.0. The third-order valence-electron chi connectivity index (χ3n) is 15.9. The molecule has 0 unspecified atom stereocenters. The smallest absolute Gasteiger partial charge is 0.432 e. The zero-order valence-corrected chi connectivity index (χ0v) is 53.8. The molecule has 5 aromatic carbocycles. The maximum absolute atomic E-state index is 15.3. The van der Waals surface area contributed by atoms with Crippen LogP contribution in [-0.4, -0.2) is 128 Å². The Morgan fingerprint density at radius 1 is 0.323 bits per heavy atom. The molecular weight excluding hydrogens is 1350 g/mol. The summed E-state index contributed by atoms with van der Waals surface area (Å²) >= 11 is 0. The van der Waals surface area contributed by atoms with Crippen LogP contribution in [0, 0.1) is 0 Å². The topological polar surface area (TPSA) is 178 Å². The number of unbranched alkanes of at least 4 members (excludes halogenated alkanes) is 3. The van der Waals surface area contributed by atoms with E-state index in [1.54, 1.807) is 0 Å². The Kier molecular flexibility index (Phi) is 28.9. The van der Waals surface area contributed by atoms with E-state index < -0.39 is 180 Å². The van der Waals surface area contributed by atoms with E-state index in [-0.39, 0.29) is 32.1 Å². The summed E-state index contributed by atoms with van der Waals surface area (Å²) in [5.74, 6) is -9.91. The van der Waals surface area contributed by atoms with Crippen molar-refractivity contribution in [2.75, 3.05) is 48.8 Å². The van der Waals surface area contributed by atoms with Crippen LogP contribution in [0.5, 0.6) is 0 Å². The van der Waals surface area contributed by atoms with Gasteiger partial charge in [0, 0.05) is 69.8 Å². The van der Waals surface area contributed by atoms with Crippen LogP contribution in [0.4, 0.5) is 65.9 Å². The summed E-state index contributed by atoms with van der Waals surface area (Å²) in [6, 6.07) is 27.8. The Morgan fingerprint density at radius 2 is 0.606 bits per heavy atom. The second-order valence-electron chi connectivity index (χ2n) is 21.9. The fourth-order valence-corrected chi connectivity index (χ4v) is 10.8. The molecule has 99 heavy (non-hydrogen) atoms. The van der Waals surface area contributed by atoms with E-state index in [1.807, 2.05) is 0 Å². The lowest BCUT2D eigenvalue weighted by atomic mass is 9.92. The number of ether oxygens (including phenoxy) is 10. The summed E-state index contributed by atoms with van der Waals surface area (Å²) in [5, 5.41) is 0. The van der Waals surface area contributed by atoms with Gasteiger partial charge in [-0.25, -0.2) is 24.0 Å². The molecular formula is C69H71F15O15. The normalized spacial score (nSPS) is 16.6. The number of rotatable bonds is 36. The third kappa shape index (κ3) is 18.4. The number of carbonyl (C=O) groups excluding carboxylic acids is 5. The monoisotopic (exact) mass is 1420 g/mol. The number of benzene rings is 5. The zero-order chi connectivity index (χ0) is 73.6. The molecule has 0 aliphatic rings. The van der Waals surface area contributed by atoms with Gasteiger partial charge in [-0.2, -0.15) is 65.9 Å². The molecule has 0 bridgehead atoms. The quantitative estimate of drug-likeness (QED) is 0.0122. The Morgan fingerprint density at radius 3 is 0.939 bits per heavy atom. The predicted molar refractivity (Wildman–Crippen MR) is 322 cm³/mol. The summed E-state index contributed by atoms with van der Waals surface area (Å²) in [7, 11) is 2.94. The van der Waals surface area contributed by atoms with Crippen molar-refractivity contribution in [3.05, 3.63) is 204 Å². The first kappa shape index (κ1) is 81.4. The molecule has 0 heterocycles.